The van der Waals surface area contributed by atoms with Crippen LogP contribution in [0, 0.1) is 6.92 Å². The normalized spacial score (nSPS) is 15.5. The Morgan fingerprint density at radius 2 is 1.89 bits per heavy atom. The van der Waals surface area contributed by atoms with Crippen LogP contribution in [0.3, 0.4) is 0 Å². The Bertz CT molecular complexity index is 1460. The summed E-state index contributed by atoms with van der Waals surface area (Å²) < 4.78 is 33.9. The quantitative estimate of drug-likeness (QED) is 0.494. The summed E-state index contributed by atoms with van der Waals surface area (Å²) in [5.41, 5.74) is 7.12. The minimum absolute atomic E-state index is 0.105. The van der Waals surface area contributed by atoms with E-state index in [1.165, 1.54) is 18.6 Å². The zero-order valence-electron chi connectivity index (χ0n) is 20.5. The molecule has 9 nitrogen and oxygen atoms in total. The third-order valence-electron chi connectivity index (χ3n) is 5.58. The van der Waals surface area contributed by atoms with Crippen LogP contribution in [0.25, 0.3) is 16.6 Å². The summed E-state index contributed by atoms with van der Waals surface area (Å²) in [6.45, 7) is 8.09. The van der Waals surface area contributed by atoms with E-state index in [1.807, 2.05) is 27.7 Å². The van der Waals surface area contributed by atoms with Crippen LogP contribution in [-0.2, 0) is 14.8 Å². The summed E-state index contributed by atoms with van der Waals surface area (Å²) in [4.78, 5) is 22.7. The van der Waals surface area contributed by atoms with Gasteiger partial charge in [0.05, 0.1) is 21.7 Å². The first-order chi connectivity index (χ1) is 16.9. The fourth-order valence-electron chi connectivity index (χ4n) is 3.71. The van der Waals surface area contributed by atoms with Gasteiger partial charge in [0, 0.05) is 42.7 Å². The predicted molar refractivity (Wildman–Crippen MR) is 141 cm³/mol. The molecular weight excluding hydrogens is 502 g/mol. The lowest BCUT2D eigenvalue weighted by atomic mass is 10.1. The Kier molecular flexibility index (Phi) is 6.85. The molecule has 3 heterocycles. The Labute approximate surface area is 215 Å². The number of aliphatic imine (C=N–C) groups is 1. The highest BCUT2D eigenvalue weighted by Gasteiger charge is 2.33. The molecule has 190 valence electrons. The van der Waals surface area contributed by atoms with Gasteiger partial charge in [-0.25, -0.2) is 22.2 Å². The number of aryl methyl sites for hydroxylation is 1. The molecule has 1 amide bonds. The lowest BCUT2D eigenvalue weighted by Gasteiger charge is -2.37. The standard InChI is InChI=1S/C25H28ClN5O4S/c1-16-5-7-19(8-6-16)36(33,34)31-22(11-20-21(26)9-10-28-23(20)31)17(12-27)13-29-18-14-30(15-18)24(32)35-25(2,3)4/h5-13,18H,14-15,27H2,1-4H3. The minimum Gasteiger partial charge on any atom is -0.444 e. The molecule has 3 aromatic rings. The van der Waals surface area contributed by atoms with Gasteiger partial charge in [0.1, 0.15) is 5.60 Å². The zero-order chi connectivity index (χ0) is 26.3. The van der Waals surface area contributed by atoms with Gasteiger partial charge in [-0.2, -0.15) is 0 Å². The van der Waals surface area contributed by atoms with Crippen LogP contribution in [0.4, 0.5) is 4.79 Å². The molecule has 1 fully saturated rings. The van der Waals surface area contributed by atoms with E-state index in [4.69, 9.17) is 22.1 Å². The fourth-order valence-corrected chi connectivity index (χ4v) is 5.39. The highest BCUT2D eigenvalue weighted by atomic mass is 35.5. The number of amides is 1. The van der Waals surface area contributed by atoms with Crippen molar-refractivity contribution in [3.8, 4) is 0 Å². The molecule has 0 bridgehead atoms. The van der Waals surface area contributed by atoms with E-state index in [-0.39, 0.29) is 22.3 Å². The molecule has 0 unspecified atom stereocenters. The first kappa shape index (κ1) is 25.7. The molecule has 2 aromatic heterocycles. The smallest absolute Gasteiger partial charge is 0.410 e. The summed E-state index contributed by atoms with van der Waals surface area (Å²) in [7, 11) is -4.04. The monoisotopic (exact) mass is 529 g/mol. The number of allylic oxidation sites excluding steroid dienone is 1. The number of benzene rings is 1. The zero-order valence-corrected chi connectivity index (χ0v) is 22.0. The van der Waals surface area contributed by atoms with Crippen LogP contribution in [0.15, 0.2) is 58.7 Å². The van der Waals surface area contributed by atoms with Gasteiger partial charge in [-0.3, -0.25) is 4.99 Å². The predicted octanol–water partition coefficient (Wildman–Crippen LogP) is 4.22. The van der Waals surface area contributed by atoms with E-state index in [1.54, 1.807) is 41.3 Å². The van der Waals surface area contributed by atoms with Gasteiger partial charge in [0.15, 0.2) is 5.65 Å². The molecule has 0 aliphatic carbocycles. The molecule has 36 heavy (non-hydrogen) atoms. The van der Waals surface area contributed by atoms with Crippen molar-refractivity contribution in [2.24, 2.45) is 10.7 Å². The topological polar surface area (TPSA) is 120 Å². The Morgan fingerprint density at radius 3 is 2.50 bits per heavy atom. The lowest BCUT2D eigenvalue weighted by molar-refractivity contribution is 0.00911. The number of carbonyl (C=O) groups is 1. The van der Waals surface area contributed by atoms with Gasteiger partial charge >= 0.3 is 6.09 Å². The van der Waals surface area contributed by atoms with Gasteiger partial charge in [-0.15, -0.1) is 0 Å². The van der Waals surface area contributed by atoms with Crippen molar-refractivity contribution < 1.29 is 17.9 Å². The van der Waals surface area contributed by atoms with E-state index in [9.17, 15) is 13.2 Å². The van der Waals surface area contributed by atoms with Crippen molar-refractivity contribution in [2.75, 3.05) is 13.1 Å². The number of pyridine rings is 1. The number of hydrogen-bond donors (Lipinski definition) is 1. The van der Waals surface area contributed by atoms with Crippen LogP contribution in [0.2, 0.25) is 5.02 Å². The molecule has 0 radical (unpaired) electrons. The van der Waals surface area contributed by atoms with Crippen LogP contribution < -0.4 is 5.73 Å². The average molecular weight is 530 g/mol. The lowest BCUT2D eigenvalue weighted by Crippen LogP contribution is -2.54. The SMILES string of the molecule is Cc1ccc(S(=O)(=O)n2c(C(C=NC3CN(C(=O)OC(C)(C)C)C3)=CN)cc3c(Cl)ccnc32)cc1. The molecule has 1 saturated heterocycles. The van der Waals surface area contributed by atoms with E-state index in [0.717, 1.165) is 9.54 Å². The maximum atomic E-state index is 13.7. The third-order valence-corrected chi connectivity index (χ3v) is 7.63. The largest absolute Gasteiger partial charge is 0.444 e. The fraction of sp³-hybridized carbons (Fsp3) is 0.320. The summed E-state index contributed by atoms with van der Waals surface area (Å²) >= 11 is 6.38. The molecule has 0 saturated carbocycles. The summed E-state index contributed by atoms with van der Waals surface area (Å²) in [6, 6.07) is 9.61. The number of hydrogen-bond acceptors (Lipinski definition) is 7. The van der Waals surface area contributed by atoms with Crippen molar-refractivity contribution in [3.63, 3.8) is 0 Å². The van der Waals surface area contributed by atoms with E-state index >= 15 is 0 Å². The first-order valence-corrected chi connectivity index (χ1v) is 13.1. The Balaban J connectivity index is 1.67. The molecule has 1 aromatic carbocycles. The number of nitrogens with zero attached hydrogens (tertiary/aromatic N) is 4. The van der Waals surface area contributed by atoms with Crippen molar-refractivity contribution in [2.45, 2.75) is 44.2 Å². The van der Waals surface area contributed by atoms with Crippen molar-refractivity contribution >= 4 is 50.5 Å². The van der Waals surface area contributed by atoms with Crippen molar-refractivity contribution in [1.29, 1.82) is 0 Å². The summed E-state index contributed by atoms with van der Waals surface area (Å²) in [5.74, 6) is 0. The van der Waals surface area contributed by atoms with Gasteiger partial charge < -0.3 is 15.4 Å². The molecule has 1 aliphatic rings. The number of nitrogens with two attached hydrogens (primary N) is 1. The molecule has 1 aliphatic heterocycles. The second-order valence-electron chi connectivity index (χ2n) is 9.58. The van der Waals surface area contributed by atoms with Crippen LogP contribution in [-0.4, -0.2) is 59.3 Å². The molecule has 0 spiro atoms. The van der Waals surface area contributed by atoms with Crippen LogP contribution >= 0.6 is 11.6 Å². The van der Waals surface area contributed by atoms with E-state index in [0.29, 0.717) is 29.1 Å². The highest BCUT2D eigenvalue weighted by molar-refractivity contribution is 7.90. The van der Waals surface area contributed by atoms with Crippen molar-refractivity contribution in [3.05, 3.63) is 65.1 Å². The number of ether oxygens (including phenoxy) is 1. The maximum absolute atomic E-state index is 13.7. The highest BCUT2D eigenvalue weighted by Crippen LogP contribution is 2.32. The number of halogens is 1. The summed E-state index contributed by atoms with van der Waals surface area (Å²) in [6.07, 6.45) is 3.86. The molecule has 11 heteroatoms. The number of carbonyl (C=O) groups excluding carboxylic acids is 1. The number of fused-ring (bicyclic) bond motifs is 1. The second-order valence-corrected chi connectivity index (χ2v) is 11.8. The minimum atomic E-state index is -4.04. The van der Waals surface area contributed by atoms with Gasteiger partial charge in [0.25, 0.3) is 10.0 Å². The van der Waals surface area contributed by atoms with Crippen molar-refractivity contribution in [1.82, 2.24) is 13.9 Å². The van der Waals surface area contributed by atoms with Crippen LogP contribution in [0.5, 0.6) is 0 Å². The second kappa shape index (κ2) is 9.59. The molecular formula is C25H28ClN5O4S. The van der Waals surface area contributed by atoms with E-state index in [2.05, 4.69) is 9.98 Å². The maximum Gasteiger partial charge on any atom is 0.410 e. The number of aromatic nitrogens is 2. The van der Waals surface area contributed by atoms with Gasteiger partial charge in [-0.05, 0) is 52.0 Å². The Morgan fingerprint density at radius 1 is 1.22 bits per heavy atom. The first-order valence-electron chi connectivity index (χ1n) is 11.3. The molecule has 0 atom stereocenters. The molecule has 4 rings (SSSR count). The third kappa shape index (κ3) is 5.10. The number of likely N-dealkylation sites (tertiary alicyclic amines) is 1. The van der Waals surface area contributed by atoms with Gasteiger partial charge in [0.2, 0.25) is 0 Å². The summed E-state index contributed by atoms with van der Waals surface area (Å²) in [5, 5.41) is 0.830. The average Bonchev–Trinajstić information content (AvgIpc) is 3.16. The van der Waals surface area contributed by atoms with Crippen LogP contribution in [0.1, 0.15) is 32.0 Å². The van der Waals surface area contributed by atoms with E-state index < -0.39 is 21.7 Å². The van der Waals surface area contributed by atoms with Gasteiger partial charge in [-0.1, -0.05) is 29.3 Å². The number of rotatable bonds is 5. The molecule has 2 N–H and O–H groups in total. The Hall–Kier alpha value is -3.37.